The monoisotopic (exact) mass is 446 g/mol. The maximum Gasteiger partial charge on any atom is 0.269 e. The molecule has 6 nitrogen and oxygen atoms in total. The number of rotatable bonds is 6. The number of benzene rings is 3. The van der Waals surface area contributed by atoms with Gasteiger partial charge in [-0.1, -0.05) is 54.6 Å². The highest BCUT2D eigenvalue weighted by Crippen LogP contribution is 2.41. The SMILES string of the molecule is O=C(NC(c1ccccc1)C1CC1)c1ccc(CN2C(=O)c3ccccc3S2(=O)=O)cc1. The van der Waals surface area contributed by atoms with Gasteiger partial charge in [-0.25, -0.2) is 12.7 Å². The lowest BCUT2D eigenvalue weighted by atomic mass is 10.0. The van der Waals surface area contributed by atoms with E-state index in [0.29, 0.717) is 17.0 Å². The van der Waals surface area contributed by atoms with Gasteiger partial charge < -0.3 is 5.32 Å². The molecule has 0 spiro atoms. The van der Waals surface area contributed by atoms with Crippen LogP contribution in [0.3, 0.4) is 0 Å². The molecular weight excluding hydrogens is 424 g/mol. The Hall–Kier alpha value is -3.45. The van der Waals surface area contributed by atoms with Gasteiger partial charge in [0, 0.05) is 5.56 Å². The predicted octanol–water partition coefficient (Wildman–Crippen LogP) is 3.91. The Bertz CT molecular complexity index is 1280. The zero-order chi connectivity index (χ0) is 22.3. The topological polar surface area (TPSA) is 83.6 Å². The summed E-state index contributed by atoms with van der Waals surface area (Å²) in [7, 11) is -3.86. The van der Waals surface area contributed by atoms with Crippen LogP contribution >= 0.6 is 0 Å². The first kappa shape index (κ1) is 20.5. The van der Waals surface area contributed by atoms with Crippen molar-refractivity contribution in [3.8, 4) is 0 Å². The van der Waals surface area contributed by atoms with Crippen molar-refractivity contribution in [2.45, 2.75) is 30.3 Å². The summed E-state index contributed by atoms with van der Waals surface area (Å²) in [5.41, 5.74) is 2.41. The summed E-state index contributed by atoms with van der Waals surface area (Å²) < 4.78 is 26.4. The predicted molar refractivity (Wildman–Crippen MR) is 119 cm³/mol. The van der Waals surface area contributed by atoms with Gasteiger partial charge in [-0.2, -0.15) is 0 Å². The molecule has 1 aliphatic carbocycles. The summed E-state index contributed by atoms with van der Waals surface area (Å²) in [6.45, 7) is -0.0769. The van der Waals surface area contributed by atoms with E-state index in [1.807, 2.05) is 30.3 Å². The van der Waals surface area contributed by atoms with Crippen molar-refractivity contribution in [1.82, 2.24) is 9.62 Å². The highest BCUT2D eigenvalue weighted by atomic mass is 32.2. The van der Waals surface area contributed by atoms with Crippen LogP contribution in [0.2, 0.25) is 0 Å². The van der Waals surface area contributed by atoms with Gasteiger partial charge in [0.25, 0.3) is 21.8 Å². The first-order valence-electron chi connectivity index (χ1n) is 10.6. The molecule has 1 atom stereocenters. The van der Waals surface area contributed by atoms with E-state index in [2.05, 4.69) is 5.32 Å². The van der Waals surface area contributed by atoms with Crippen LogP contribution in [0.4, 0.5) is 0 Å². The number of amides is 2. The molecule has 1 heterocycles. The van der Waals surface area contributed by atoms with E-state index in [9.17, 15) is 18.0 Å². The summed E-state index contributed by atoms with van der Waals surface area (Å²) in [5, 5.41) is 3.14. The zero-order valence-electron chi connectivity index (χ0n) is 17.3. The third-order valence-corrected chi connectivity index (χ3v) is 7.78. The summed E-state index contributed by atoms with van der Waals surface area (Å²) >= 11 is 0. The molecule has 1 N–H and O–H groups in total. The van der Waals surface area contributed by atoms with E-state index in [1.165, 1.54) is 12.1 Å². The van der Waals surface area contributed by atoms with E-state index in [4.69, 9.17) is 0 Å². The molecule has 2 aliphatic rings. The van der Waals surface area contributed by atoms with Crippen LogP contribution in [0.5, 0.6) is 0 Å². The van der Waals surface area contributed by atoms with Crippen molar-refractivity contribution in [2.24, 2.45) is 5.92 Å². The third-order valence-electron chi connectivity index (χ3n) is 5.99. The van der Waals surface area contributed by atoms with Crippen LogP contribution < -0.4 is 5.32 Å². The second kappa shape index (κ2) is 7.91. The summed E-state index contributed by atoms with van der Waals surface area (Å²) in [6.07, 6.45) is 2.19. The minimum absolute atomic E-state index is 0.0192. The van der Waals surface area contributed by atoms with Crippen molar-refractivity contribution < 1.29 is 18.0 Å². The molecule has 0 saturated heterocycles. The Morgan fingerprint density at radius 2 is 1.59 bits per heavy atom. The number of carbonyl (C=O) groups is 2. The quantitative estimate of drug-likeness (QED) is 0.622. The van der Waals surface area contributed by atoms with Crippen molar-refractivity contribution in [1.29, 1.82) is 0 Å². The molecule has 0 radical (unpaired) electrons. The number of hydrogen-bond acceptors (Lipinski definition) is 4. The standard InChI is InChI=1S/C25H22N2O4S/c28-24(26-23(19-14-15-19)18-6-2-1-3-7-18)20-12-10-17(11-13-20)16-27-25(29)21-8-4-5-9-22(21)32(27,30)31/h1-13,19,23H,14-16H2,(H,26,28). The fraction of sp³-hybridized carbons (Fsp3) is 0.200. The van der Waals surface area contributed by atoms with Gasteiger partial charge in [0.2, 0.25) is 0 Å². The number of nitrogens with zero attached hydrogens (tertiary/aromatic N) is 1. The van der Waals surface area contributed by atoms with Crippen LogP contribution in [-0.4, -0.2) is 24.5 Å². The Morgan fingerprint density at radius 1 is 0.938 bits per heavy atom. The van der Waals surface area contributed by atoms with Gasteiger partial charge in [-0.15, -0.1) is 0 Å². The van der Waals surface area contributed by atoms with Crippen LogP contribution in [-0.2, 0) is 16.6 Å². The second-order valence-corrected chi connectivity index (χ2v) is 10.0. The molecule has 7 heteroatoms. The maximum atomic E-state index is 12.8. The van der Waals surface area contributed by atoms with Crippen LogP contribution in [0.15, 0.2) is 83.8 Å². The molecule has 1 aliphatic heterocycles. The first-order valence-corrected chi connectivity index (χ1v) is 12.0. The molecule has 32 heavy (non-hydrogen) atoms. The van der Waals surface area contributed by atoms with E-state index in [0.717, 1.165) is 22.7 Å². The molecule has 5 rings (SSSR count). The van der Waals surface area contributed by atoms with Gasteiger partial charge in [-0.05, 0) is 54.2 Å². The normalized spacial score (nSPS) is 17.6. The fourth-order valence-electron chi connectivity index (χ4n) is 4.10. The van der Waals surface area contributed by atoms with Crippen molar-refractivity contribution in [3.05, 3.63) is 101 Å². The summed E-state index contributed by atoms with van der Waals surface area (Å²) in [6, 6.07) is 22.9. The Labute approximate surface area is 186 Å². The molecule has 1 saturated carbocycles. The number of carbonyl (C=O) groups excluding carboxylic acids is 2. The average Bonchev–Trinajstić information content (AvgIpc) is 3.64. The Morgan fingerprint density at radius 3 is 2.25 bits per heavy atom. The largest absolute Gasteiger partial charge is 0.345 e. The molecule has 3 aromatic carbocycles. The molecular formula is C25H22N2O4S. The van der Waals surface area contributed by atoms with Crippen molar-refractivity contribution >= 4 is 21.8 Å². The minimum atomic E-state index is -3.86. The average molecular weight is 447 g/mol. The lowest BCUT2D eigenvalue weighted by Crippen LogP contribution is -2.30. The van der Waals surface area contributed by atoms with E-state index < -0.39 is 15.9 Å². The second-order valence-electron chi connectivity index (χ2n) is 8.21. The van der Waals surface area contributed by atoms with Gasteiger partial charge in [-0.3, -0.25) is 9.59 Å². The molecule has 3 aromatic rings. The number of fused-ring (bicyclic) bond motifs is 1. The van der Waals surface area contributed by atoms with Crippen molar-refractivity contribution in [2.75, 3.05) is 0 Å². The highest BCUT2D eigenvalue weighted by molar-refractivity contribution is 7.90. The van der Waals surface area contributed by atoms with Crippen LogP contribution in [0, 0.1) is 5.92 Å². The number of hydrogen-bond donors (Lipinski definition) is 1. The Balaban J connectivity index is 1.31. The zero-order valence-corrected chi connectivity index (χ0v) is 18.1. The third kappa shape index (κ3) is 3.69. The summed E-state index contributed by atoms with van der Waals surface area (Å²) in [5.74, 6) is -0.249. The lowest BCUT2D eigenvalue weighted by molar-refractivity contribution is 0.0863. The van der Waals surface area contributed by atoms with Gasteiger partial charge in [0.05, 0.1) is 18.2 Å². The molecule has 2 amide bonds. The maximum absolute atomic E-state index is 12.8. The van der Waals surface area contributed by atoms with Gasteiger partial charge in [0.15, 0.2) is 0 Å². The molecule has 0 bridgehead atoms. The first-order chi connectivity index (χ1) is 15.4. The number of sulfonamides is 1. The molecule has 162 valence electrons. The molecule has 1 unspecified atom stereocenters. The summed E-state index contributed by atoms with van der Waals surface area (Å²) in [4.78, 5) is 25.5. The highest BCUT2D eigenvalue weighted by Gasteiger charge is 2.40. The molecule has 1 fully saturated rings. The Kier molecular flexibility index (Phi) is 5.06. The van der Waals surface area contributed by atoms with E-state index >= 15 is 0 Å². The van der Waals surface area contributed by atoms with Gasteiger partial charge >= 0.3 is 0 Å². The van der Waals surface area contributed by atoms with Crippen LogP contribution in [0.25, 0.3) is 0 Å². The lowest BCUT2D eigenvalue weighted by Gasteiger charge is -2.19. The van der Waals surface area contributed by atoms with E-state index in [1.54, 1.807) is 36.4 Å². The van der Waals surface area contributed by atoms with E-state index in [-0.39, 0.29) is 29.0 Å². The van der Waals surface area contributed by atoms with Crippen molar-refractivity contribution in [3.63, 3.8) is 0 Å². The molecule has 0 aromatic heterocycles. The van der Waals surface area contributed by atoms with Crippen LogP contribution in [0.1, 0.15) is 50.7 Å². The number of nitrogens with one attached hydrogen (secondary N) is 1. The minimum Gasteiger partial charge on any atom is -0.345 e. The fourth-order valence-corrected chi connectivity index (χ4v) is 5.66. The smallest absolute Gasteiger partial charge is 0.269 e. The van der Waals surface area contributed by atoms with Gasteiger partial charge in [0.1, 0.15) is 4.90 Å².